The van der Waals surface area contributed by atoms with Crippen molar-refractivity contribution in [2.24, 2.45) is 0 Å². The molecule has 0 N–H and O–H groups in total. The van der Waals surface area contributed by atoms with Crippen LogP contribution in [0.1, 0.15) is 5.56 Å². The van der Waals surface area contributed by atoms with E-state index in [9.17, 15) is 5.26 Å². The van der Waals surface area contributed by atoms with Crippen molar-refractivity contribution >= 4 is 53.9 Å². The summed E-state index contributed by atoms with van der Waals surface area (Å²) in [7, 11) is 0. The first kappa shape index (κ1) is 29.5. The van der Waals surface area contributed by atoms with E-state index in [1.165, 1.54) is 70.9 Å². The maximum atomic E-state index is 9.51. The van der Waals surface area contributed by atoms with Crippen molar-refractivity contribution in [2.45, 2.75) is 0 Å². The highest BCUT2D eigenvalue weighted by atomic mass is 16.5. The standard InChI is InChI=1S/C51H29NO/c52-30-31-21-22-42-44-26-25-40(43-19-10-20-49(51(43)44)53-50(42)27-31)39-23-24-41(34-14-5-4-13-33(34)39)46-29-48-36-16-7-6-15-35(36)45(32-11-2-1-3-12-32)28-47(48)38-18-9-8-17-37(38)46/h1-29H. The number of rotatable bonds is 3. The quantitative estimate of drug-likeness (QED) is 0.175. The number of ether oxygens (including phenoxy) is 1. The van der Waals surface area contributed by atoms with E-state index < -0.39 is 0 Å². The first-order chi connectivity index (χ1) is 26.2. The van der Waals surface area contributed by atoms with Crippen LogP contribution in [0.2, 0.25) is 0 Å². The number of benzene rings is 10. The molecule has 10 aromatic rings. The maximum Gasteiger partial charge on any atom is 0.136 e. The Morgan fingerprint density at radius 2 is 0.811 bits per heavy atom. The Balaban J connectivity index is 1.15. The van der Waals surface area contributed by atoms with Crippen molar-refractivity contribution in [3.05, 3.63) is 181 Å². The minimum Gasteiger partial charge on any atom is -0.456 e. The fraction of sp³-hybridized carbons (Fsp3) is 0. The molecule has 1 heterocycles. The van der Waals surface area contributed by atoms with E-state index in [1.807, 2.05) is 24.3 Å². The number of nitriles is 1. The zero-order chi connectivity index (χ0) is 35.0. The van der Waals surface area contributed by atoms with Gasteiger partial charge in [-0.3, -0.25) is 0 Å². The van der Waals surface area contributed by atoms with Gasteiger partial charge in [0.1, 0.15) is 11.5 Å². The molecule has 0 spiro atoms. The Labute approximate surface area is 306 Å². The predicted octanol–water partition coefficient (Wildman–Crippen LogP) is 14.1. The van der Waals surface area contributed by atoms with Crippen molar-refractivity contribution in [1.29, 1.82) is 5.26 Å². The van der Waals surface area contributed by atoms with Crippen LogP contribution in [0, 0.1) is 11.3 Å². The summed E-state index contributed by atoms with van der Waals surface area (Å²) >= 11 is 0. The molecule has 1 aliphatic heterocycles. The monoisotopic (exact) mass is 671 g/mol. The Bertz CT molecular complexity index is 3210. The van der Waals surface area contributed by atoms with E-state index in [0.717, 1.165) is 39.0 Å². The second-order valence-electron chi connectivity index (χ2n) is 13.9. The molecule has 10 aromatic carbocycles. The zero-order valence-corrected chi connectivity index (χ0v) is 28.6. The van der Waals surface area contributed by atoms with Crippen LogP contribution >= 0.6 is 0 Å². The molecule has 11 rings (SSSR count). The number of nitrogens with zero attached hydrogens (tertiary/aromatic N) is 1. The molecule has 0 aliphatic carbocycles. The van der Waals surface area contributed by atoms with Gasteiger partial charge >= 0.3 is 0 Å². The van der Waals surface area contributed by atoms with Crippen LogP contribution in [0.4, 0.5) is 0 Å². The van der Waals surface area contributed by atoms with Crippen LogP contribution in [0.15, 0.2) is 176 Å². The van der Waals surface area contributed by atoms with Gasteiger partial charge in [-0.25, -0.2) is 0 Å². The molecule has 0 fully saturated rings. The highest BCUT2D eigenvalue weighted by molar-refractivity contribution is 6.25. The van der Waals surface area contributed by atoms with Crippen LogP contribution in [-0.4, -0.2) is 0 Å². The summed E-state index contributed by atoms with van der Waals surface area (Å²) in [5.74, 6) is 1.53. The van der Waals surface area contributed by atoms with E-state index in [1.54, 1.807) is 0 Å². The van der Waals surface area contributed by atoms with Crippen molar-refractivity contribution in [2.75, 3.05) is 0 Å². The summed E-state index contributed by atoms with van der Waals surface area (Å²) in [5, 5.41) is 21.7. The van der Waals surface area contributed by atoms with Crippen molar-refractivity contribution in [1.82, 2.24) is 0 Å². The second-order valence-corrected chi connectivity index (χ2v) is 13.9. The fourth-order valence-corrected chi connectivity index (χ4v) is 8.73. The molecule has 0 saturated carbocycles. The van der Waals surface area contributed by atoms with Gasteiger partial charge in [-0.1, -0.05) is 140 Å². The van der Waals surface area contributed by atoms with Crippen molar-refractivity contribution in [3.63, 3.8) is 0 Å². The van der Waals surface area contributed by atoms with E-state index >= 15 is 0 Å². The second kappa shape index (κ2) is 11.4. The molecule has 0 radical (unpaired) electrons. The van der Waals surface area contributed by atoms with Gasteiger partial charge in [-0.15, -0.1) is 0 Å². The maximum absolute atomic E-state index is 9.51. The third-order valence-corrected chi connectivity index (χ3v) is 11.1. The normalized spacial score (nSPS) is 11.9. The minimum atomic E-state index is 0.590. The highest BCUT2D eigenvalue weighted by Crippen LogP contribution is 2.50. The van der Waals surface area contributed by atoms with E-state index in [4.69, 9.17) is 4.74 Å². The summed E-state index contributed by atoms with van der Waals surface area (Å²) in [5.41, 5.74) is 9.98. The molecule has 0 aromatic heterocycles. The van der Waals surface area contributed by atoms with E-state index in [0.29, 0.717) is 5.56 Å². The molecule has 0 bridgehead atoms. The SMILES string of the molecule is N#Cc1ccc2c(c1)Oc1cccc3c(-c4ccc(-c5cc6c7ccccc7c(-c7ccccc7)cc6c6ccccc56)c5ccccc45)ccc-2c13. The molecule has 53 heavy (non-hydrogen) atoms. The summed E-state index contributed by atoms with van der Waals surface area (Å²) in [4.78, 5) is 0. The van der Waals surface area contributed by atoms with Gasteiger partial charge in [0.15, 0.2) is 0 Å². The molecule has 0 atom stereocenters. The van der Waals surface area contributed by atoms with Gasteiger partial charge in [0, 0.05) is 10.9 Å². The Kier molecular flexibility index (Phi) is 6.35. The first-order valence-electron chi connectivity index (χ1n) is 18.0. The molecule has 0 unspecified atom stereocenters. The van der Waals surface area contributed by atoms with E-state index in [2.05, 4.69) is 158 Å². The smallest absolute Gasteiger partial charge is 0.136 e. The molecule has 2 nitrogen and oxygen atoms in total. The summed E-state index contributed by atoms with van der Waals surface area (Å²) in [6.07, 6.45) is 0. The van der Waals surface area contributed by atoms with Gasteiger partial charge in [0.25, 0.3) is 0 Å². The lowest BCUT2D eigenvalue weighted by Crippen LogP contribution is -1.98. The van der Waals surface area contributed by atoms with Crippen molar-refractivity contribution in [3.8, 4) is 62.1 Å². The third kappa shape index (κ3) is 4.38. The molecular weight excluding hydrogens is 643 g/mol. The van der Waals surface area contributed by atoms with Crippen LogP contribution in [-0.2, 0) is 0 Å². The van der Waals surface area contributed by atoms with Crippen LogP contribution in [0.5, 0.6) is 11.5 Å². The molecular formula is C51H29NO. The molecule has 0 amide bonds. The topological polar surface area (TPSA) is 33.0 Å². The molecule has 2 heteroatoms. The van der Waals surface area contributed by atoms with E-state index in [-0.39, 0.29) is 0 Å². The number of hydrogen-bond acceptors (Lipinski definition) is 2. The van der Waals surface area contributed by atoms with Crippen LogP contribution < -0.4 is 4.74 Å². The lowest BCUT2D eigenvalue weighted by atomic mass is 9.84. The van der Waals surface area contributed by atoms with Crippen molar-refractivity contribution < 1.29 is 4.74 Å². The minimum absolute atomic E-state index is 0.590. The summed E-state index contributed by atoms with van der Waals surface area (Å²) in [6.45, 7) is 0. The Morgan fingerprint density at radius 3 is 1.47 bits per heavy atom. The molecule has 1 aliphatic rings. The summed E-state index contributed by atoms with van der Waals surface area (Å²) < 4.78 is 6.44. The summed E-state index contributed by atoms with van der Waals surface area (Å²) in [6, 6.07) is 65.4. The lowest BCUT2D eigenvalue weighted by Gasteiger charge is -2.23. The average Bonchev–Trinajstić information content (AvgIpc) is 3.23. The molecule has 244 valence electrons. The van der Waals surface area contributed by atoms with Gasteiger partial charge in [0.2, 0.25) is 0 Å². The Hall–Kier alpha value is -7.21. The molecule has 0 saturated heterocycles. The number of fused-ring (bicyclic) bond motifs is 8. The highest BCUT2D eigenvalue weighted by Gasteiger charge is 2.23. The first-order valence-corrected chi connectivity index (χ1v) is 18.0. The largest absolute Gasteiger partial charge is 0.456 e. The lowest BCUT2D eigenvalue weighted by molar-refractivity contribution is 0.487. The van der Waals surface area contributed by atoms with Gasteiger partial charge < -0.3 is 4.74 Å². The fourth-order valence-electron chi connectivity index (χ4n) is 8.73. The number of hydrogen-bond donors (Lipinski definition) is 0. The predicted molar refractivity (Wildman–Crippen MR) is 221 cm³/mol. The third-order valence-electron chi connectivity index (χ3n) is 11.1. The van der Waals surface area contributed by atoms with Crippen LogP contribution in [0.25, 0.3) is 98.4 Å². The van der Waals surface area contributed by atoms with Gasteiger partial charge in [-0.2, -0.15) is 5.26 Å². The van der Waals surface area contributed by atoms with Gasteiger partial charge in [-0.05, 0) is 124 Å². The van der Waals surface area contributed by atoms with Crippen LogP contribution in [0.3, 0.4) is 0 Å². The Morgan fingerprint density at radius 1 is 0.321 bits per heavy atom. The average molecular weight is 672 g/mol. The van der Waals surface area contributed by atoms with Gasteiger partial charge in [0.05, 0.1) is 11.6 Å². The zero-order valence-electron chi connectivity index (χ0n) is 28.6.